The number of benzene rings is 1. The first-order valence-electron chi connectivity index (χ1n) is 6.11. The Morgan fingerprint density at radius 1 is 1.42 bits per heavy atom. The minimum Gasteiger partial charge on any atom is -0.258 e. The zero-order valence-corrected chi connectivity index (χ0v) is 12.2. The molecule has 104 valence electrons. The third-order valence-electron chi connectivity index (χ3n) is 2.17. The standard InChI is InChI=1S/C12H15N3O2.C2H6/c1-9(2)8-14(13-4)11-5-6-12(15(16)17)10(3)7-11;1-2/h5-8H,4H2,1-3H3;1-2H3. The molecule has 5 heteroatoms. The van der Waals surface area contributed by atoms with Crippen LogP contribution in [0.15, 0.2) is 35.1 Å². The molecule has 0 spiro atoms. The van der Waals surface area contributed by atoms with E-state index in [2.05, 4.69) is 11.8 Å². The van der Waals surface area contributed by atoms with Crippen LogP contribution in [0, 0.1) is 17.0 Å². The van der Waals surface area contributed by atoms with E-state index in [0.717, 1.165) is 11.3 Å². The average molecular weight is 263 g/mol. The van der Waals surface area contributed by atoms with E-state index in [1.54, 1.807) is 24.1 Å². The number of nitro benzene ring substituents is 1. The number of nitro groups is 1. The van der Waals surface area contributed by atoms with Gasteiger partial charge < -0.3 is 0 Å². The highest BCUT2D eigenvalue weighted by molar-refractivity contribution is 5.57. The summed E-state index contributed by atoms with van der Waals surface area (Å²) < 4.78 is 0. The maximum Gasteiger partial charge on any atom is 0.272 e. The molecular formula is C14H21N3O2. The molecule has 0 fully saturated rings. The van der Waals surface area contributed by atoms with Crippen LogP contribution in [-0.2, 0) is 0 Å². The van der Waals surface area contributed by atoms with E-state index in [1.807, 2.05) is 33.9 Å². The topological polar surface area (TPSA) is 58.7 Å². The van der Waals surface area contributed by atoms with Gasteiger partial charge in [0.1, 0.15) is 0 Å². The third-order valence-corrected chi connectivity index (χ3v) is 2.17. The molecule has 0 N–H and O–H groups in total. The van der Waals surface area contributed by atoms with Gasteiger partial charge in [-0.1, -0.05) is 19.4 Å². The second-order valence-electron chi connectivity index (χ2n) is 3.92. The van der Waals surface area contributed by atoms with Crippen molar-refractivity contribution in [3.63, 3.8) is 0 Å². The number of allylic oxidation sites excluding steroid dienone is 1. The Bertz CT molecular complexity index is 478. The van der Waals surface area contributed by atoms with Crippen LogP contribution in [0.1, 0.15) is 33.3 Å². The van der Waals surface area contributed by atoms with Gasteiger partial charge in [-0.05, 0) is 32.9 Å². The summed E-state index contributed by atoms with van der Waals surface area (Å²) in [5.74, 6) is 0. The number of hydrazone groups is 1. The lowest BCUT2D eigenvalue weighted by Crippen LogP contribution is -2.07. The largest absolute Gasteiger partial charge is 0.272 e. The van der Waals surface area contributed by atoms with E-state index in [1.165, 1.54) is 6.07 Å². The number of anilines is 1. The minimum atomic E-state index is -0.397. The van der Waals surface area contributed by atoms with Crippen molar-refractivity contribution in [3.05, 3.63) is 45.6 Å². The molecule has 1 aromatic carbocycles. The lowest BCUT2D eigenvalue weighted by molar-refractivity contribution is -0.385. The summed E-state index contributed by atoms with van der Waals surface area (Å²) in [6.07, 6.45) is 1.81. The zero-order valence-electron chi connectivity index (χ0n) is 12.2. The van der Waals surface area contributed by atoms with Crippen LogP contribution in [0.3, 0.4) is 0 Å². The van der Waals surface area contributed by atoms with Gasteiger partial charge in [0.2, 0.25) is 0 Å². The molecule has 0 saturated heterocycles. The quantitative estimate of drug-likeness (QED) is 0.463. The third kappa shape index (κ3) is 4.91. The monoisotopic (exact) mass is 263 g/mol. The van der Waals surface area contributed by atoms with Crippen LogP contribution < -0.4 is 5.01 Å². The Balaban J connectivity index is 0.00000154. The Hall–Kier alpha value is -2.17. The Labute approximate surface area is 114 Å². The van der Waals surface area contributed by atoms with Gasteiger partial charge in [-0.3, -0.25) is 10.1 Å². The molecule has 0 aliphatic carbocycles. The van der Waals surface area contributed by atoms with Crippen LogP contribution >= 0.6 is 0 Å². The van der Waals surface area contributed by atoms with Gasteiger partial charge in [0.15, 0.2) is 0 Å². The van der Waals surface area contributed by atoms with Crippen molar-refractivity contribution in [2.75, 3.05) is 5.01 Å². The molecule has 0 heterocycles. The Morgan fingerprint density at radius 3 is 2.37 bits per heavy atom. The number of rotatable bonds is 4. The second-order valence-corrected chi connectivity index (χ2v) is 3.92. The molecule has 1 aromatic rings. The van der Waals surface area contributed by atoms with Crippen LogP contribution in [0.25, 0.3) is 0 Å². The average Bonchev–Trinajstić information content (AvgIpc) is 2.37. The van der Waals surface area contributed by atoms with E-state index in [0.29, 0.717) is 5.56 Å². The van der Waals surface area contributed by atoms with Gasteiger partial charge in [-0.25, -0.2) is 5.01 Å². The lowest BCUT2D eigenvalue weighted by atomic mass is 10.2. The van der Waals surface area contributed by atoms with Crippen LogP contribution in [0.2, 0.25) is 0 Å². The summed E-state index contributed by atoms with van der Waals surface area (Å²) >= 11 is 0. The fourth-order valence-corrected chi connectivity index (χ4v) is 1.43. The van der Waals surface area contributed by atoms with Gasteiger partial charge >= 0.3 is 0 Å². The molecule has 0 unspecified atom stereocenters. The van der Waals surface area contributed by atoms with Crippen molar-refractivity contribution >= 4 is 18.1 Å². The number of aryl methyl sites for hydroxylation is 1. The molecule has 0 aliphatic rings. The zero-order chi connectivity index (χ0) is 15.0. The first-order chi connectivity index (χ1) is 8.95. The molecule has 0 amide bonds. The van der Waals surface area contributed by atoms with Gasteiger partial charge in [0.05, 0.1) is 10.6 Å². The SMILES string of the molecule is C=NN(C=C(C)C)c1ccc([N+](=O)[O-])c(C)c1.CC. The highest BCUT2D eigenvalue weighted by atomic mass is 16.6. The van der Waals surface area contributed by atoms with Gasteiger partial charge in [0, 0.05) is 24.5 Å². The first kappa shape index (κ1) is 16.8. The molecule has 0 bridgehead atoms. The Morgan fingerprint density at radius 2 is 2.00 bits per heavy atom. The predicted molar refractivity (Wildman–Crippen MR) is 80.6 cm³/mol. The number of hydrogen-bond acceptors (Lipinski definition) is 4. The Kier molecular flexibility index (Phi) is 7.11. The normalized spacial score (nSPS) is 8.89. The molecule has 19 heavy (non-hydrogen) atoms. The van der Waals surface area contributed by atoms with E-state index in [-0.39, 0.29) is 5.69 Å². The summed E-state index contributed by atoms with van der Waals surface area (Å²) in [5, 5.41) is 16.1. The number of nitrogens with zero attached hydrogens (tertiary/aromatic N) is 3. The maximum absolute atomic E-state index is 10.7. The fourth-order valence-electron chi connectivity index (χ4n) is 1.43. The van der Waals surface area contributed by atoms with Crippen molar-refractivity contribution < 1.29 is 4.92 Å². The molecule has 0 radical (unpaired) electrons. The van der Waals surface area contributed by atoms with Gasteiger partial charge in [0.25, 0.3) is 5.69 Å². The summed E-state index contributed by atoms with van der Waals surface area (Å²) in [4.78, 5) is 10.3. The predicted octanol–water partition coefficient (Wildman–Crippen LogP) is 4.28. The van der Waals surface area contributed by atoms with Crippen molar-refractivity contribution in [1.82, 2.24) is 0 Å². The highest BCUT2D eigenvalue weighted by Gasteiger charge is 2.12. The molecule has 1 rings (SSSR count). The summed E-state index contributed by atoms with van der Waals surface area (Å²) in [6, 6.07) is 4.84. The molecular weight excluding hydrogens is 242 g/mol. The van der Waals surface area contributed by atoms with Crippen molar-refractivity contribution in [2.24, 2.45) is 5.10 Å². The van der Waals surface area contributed by atoms with Crippen LogP contribution in [0.5, 0.6) is 0 Å². The smallest absolute Gasteiger partial charge is 0.258 e. The van der Waals surface area contributed by atoms with Crippen LogP contribution in [-0.4, -0.2) is 11.6 Å². The first-order valence-corrected chi connectivity index (χ1v) is 6.11. The molecule has 0 saturated carbocycles. The number of hydrogen-bond donors (Lipinski definition) is 0. The molecule has 0 atom stereocenters. The van der Waals surface area contributed by atoms with E-state index >= 15 is 0 Å². The molecule has 0 aliphatic heterocycles. The van der Waals surface area contributed by atoms with Crippen molar-refractivity contribution in [3.8, 4) is 0 Å². The molecule has 5 nitrogen and oxygen atoms in total. The van der Waals surface area contributed by atoms with Crippen molar-refractivity contribution in [1.29, 1.82) is 0 Å². The lowest BCUT2D eigenvalue weighted by Gasteiger charge is -2.14. The second kappa shape index (κ2) is 8.02. The van der Waals surface area contributed by atoms with Gasteiger partial charge in [-0.2, -0.15) is 5.10 Å². The summed E-state index contributed by atoms with van der Waals surface area (Å²) in [7, 11) is 0. The van der Waals surface area contributed by atoms with E-state index in [9.17, 15) is 10.1 Å². The van der Waals surface area contributed by atoms with Crippen molar-refractivity contribution in [2.45, 2.75) is 34.6 Å². The maximum atomic E-state index is 10.7. The minimum absolute atomic E-state index is 0.106. The van der Waals surface area contributed by atoms with E-state index in [4.69, 9.17) is 0 Å². The summed E-state index contributed by atoms with van der Waals surface area (Å²) in [6.45, 7) is 13.1. The molecule has 0 aromatic heterocycles. The summed E-state index contributed by atoms with van der Waals surface area (Å²) in [5.41, 5.74) is 2.52. The fraction of sp³-hybridized carbons (Fsp3) is 0.357. The van der Waals surface area contributed by atoms with Crippen LogP contribution in [0.4, 0.5) is 11.4 Å². The van der Waals surface area contributed by atoms with Gasteiger partial charge in [-0.15, -0.1) is 0 Å². The van der Waals surface area contributed by atoms with E-state index < -0.39 is 4.92 Å². The highest BCUT2D eigenvalue weighted by Crippen LogP contribution is 2.24.